The summed E-state index contributed by atoms with van der Waals surface area (Å²) in [5.41, 5.74) is 0. The van der Waals surface area contributed by atoms with Crippen molar-refractivity contribution in [3.63, 3.8) is 0 Å². The Morgan fingerprint density at radius 3 is 2.47 bits per heavy atom. The molecule has 110 valence electrons. The fraction of sp³-hybridized carbons (Fsp3) is 0.846. The van der Waals surface area contributed by atoms with Crippen LogP contribution in [0.25, 0.3) is 0 Å². The van der Waals surface area contributed by atoms with E-state index in [1.807, 2.05) is 22.6 Å². The molecule has 1 N–H and O–H groups in total. The highest BCUT2D eigenvalue weighted by atomic mass is 127. The van der Waals surface area contributed by atoms with Crippen molar-refractivity contribution in [2.45, 2.75) is 49.0 Å². The number of methoxy groups -OCH3 is 1. The molecule has 1 aliphatic rings. The van der Waals surface area contributed by atoms with Crippen LogP contribution in [0.3, 0.4) is 0 Å². The minimum atomic E-state index is -0.455. The standard InChI is InChI=1S/C13H22INO4/c1-3-19-13(17)15-11(10(14)12(16)18-2)9-7-5-4-6-8-9/h9-11H,3-8H2,1-2H3,(H,15,17)/t10-,11-/m1/s1. The SMILES string of the molecule is CCOC(=O)N[C@H](C1CCCCC1)[C@@H](I)C(=O)OC. The summed E-state index contributed by atoms with van der Waals surface area (Å²) >= 11 is 2.05. The average Bonchev–Trinajstić information content (AvgIpc) is 2.44. The van der Waals surface area contributed by atoms with Crippen molar-refractivity contribution in [1.29, 1.82) is 0 Å². The molecule has 0 radical (unpaired) electrons. The molecule has 0 saturated heterocycles. The molecule has 1 aliphatic carbocycles. The summed E-state index contributed by atoms with van der Waals surface area (Å²) in [5.74, 6) is 0.0205. The summed E-state index contributed by atoms with van der Waals surface area (Å²) < 4.78 is 9.33. The normalized spacial score (nSPS) is 19.3. The van der Waals surface area contributed by atoms with Gasteiger partial charge in [-0.3, -0.25) is 4.79 Å². The first-order chi connectivity index (χ1) is 9.10. The number of carbonyl (C=O) groups excluding carboxylic acids is 2. The second kappa shape index (κ2) is 8.60. The molecule has 1 saturated carbocycles. The Hall–Kier alpha value is -0.530. The molecule has 2 atom stereocenters. The van der Waals surface area contributed by atoms with Gasteiger partial charge in [-0.05, 0) is 25.7 Å². The first-order valence-corrected chi connectivity index (χ1v) is 7.99. The minimum Gasteiger partial charge on any atom is -0.468 e. The first-order valence-electron chi connectivity index (χ1n) is 6.75. The number of nitrogens with one attached hydrogen (secondary N) is 1. The van der Waals surface area contributed by atoms with Crippen molar-refractivity contribution in [2.75, 3.05) is 13.7 Å². The fourth-order valence-corrected chi connectivity index (χ4v) is 3.51. The van der Waals surface area contributed by atoms with Gasteiger partial charge in [0.05, 0.1) is 19.8 Å². The van der Waals surface area contributed by atoms with Gasteiger partial charge in [-0.25, -0.2) is 4.79 Å². The summed E-state index contributed by atoms with van der Waals surface area (Å²) in [6.07, 6.45) is 5.14. The van der Waals surface area contributed by atoms with Crippen molar-refractivity contribution in [1.82, 2.24) is 5.32 Å². The zero-order valence-corrected chi connectivity index (χ0v) is 13.6. The molecular weight excluding hydrogens is 361 g/mol. The molecule has 6 heteroatoms. The van der Waals surface area contributed by atoms with Gasteiger partial charge in [0, 0.05) is 0 Å². The Kier molecular flexibility index (Phi) is 7.48. The highest BCUT2D eigenvalue weighted by molar-refractivity contribution is 14.1. The first kappa shape index (κ1) is 16.5. The Morgan fingerprint density at radius 2 is 1.95 bits per heavy atom. The summed E-state index contributed by atoms with van der Waals surface area (Å²) in [4.78, 5) is 23.3. The highest BCUT2D eigenvalue weighted by Gasteiger charge is 2.35. The number of carbonyl (C=O) groups is 2. The predicted molar refractivity (Wildman–Crippen MR) is 80.3 cm³/mol. The molecule has 0 bridgehead atoms. The second-order valence-electron chi connectivity index (χ2n) is 4.71. The monoisotopic (exact) mass is 383 g/mol. The zero-order valence-electron chi connectivity index (χ0n) is 11.5. The smallest absolute Gasteiger partial charge is 0.407 e. The lowest BCUT2D eigenvalue weighted by atomic mass is 9.82. The van der Waals surface area contributed by atoms with Gasteiger partial charge in [0.1, 0.15) is 3.92 Å². The molecule has 0 aromatic carbocycles. The van der Waals surface area contributed by atoms with Crippen LogP contribution < -0.4 is 5.32 Å². The molecule has 5 nitrogen and oxygen atoms in total. The van der Waals surface area contributed by atoms with E-state index in [1.165, 1.54) is 13.5 Å². The molecule has 0 aromatic heterocycles. The van der Waals surface area contributed by atoms with E-state index in [0.29, 0.717) is 12.5 Å². The molecule has 0 aliphatic heterocycles. The molecule has 1 amide bonds. The molecule has 19 heavy (non-hydrogen) atoms. The van der Waals surface area contributed by atoms with Gasteiger partial charge in [0.25, 0.3) is 0 Å². The maximum atomic E-state index is 11.7. The molecule has 1 rings (SSSR count). The van der Waals surface area contributed by atoms with E-state index in [-0.39, 0.29) is 15.9 Å². The fourth-order valence-electron chi connectivity index (χ4n) is 2.49. The summed E-state index contributed by atoms with van der Waals surface area (Å²) in [6, 6.07) is -0.215. The maximum Gasteiger partial charge on any atom is 0.407 e. The van der Waals surface area contributed by atoms with E-state index in [9.17, 15) is 9.59 Å². The number of hydrogen-bond donors (Lipinski definition) is 1. The van der Waals surface area contributed by atoms with Crippen molar-refractivity contribution in [3.05, 3.63) is 0 Å². The maximum absolute atomic E-state index is 11.7. The Labute approximate surface area is 127 Å². The molecular formula is C13H22INO4. The van der Waals surface area contributed by atoms with Crippen LogP contribution in [0, 0.1) is 5.92 Å². The Bertz CT molecular complexity index is 305. The molecule has 0 spiro atoms. The van der Waals surface area contributed by atoms with Crippen LogP contribution in [0.4, 0.5) is 4.79 Å². The van der Waals surface area contributed by atoms with Crippen molar-refractivity contribution in [3.8, 4) is 0 Å². The van der Waals surface area contributed by atoms with Gasteiger partial charge in [-0.1, -0.05) is 41.9 Å². The van der Waals surface area contributed by atoms with E-state index in [1.54, 1.807) is 6.92 Å². The van der Waals surface area contributed by atoms with E-state index >= 15 is 0 Å². The van der Waals surface area contributed by atoms with Crippen molar-refractivity contribution in [2.24, 2.45) is 5.92 Å². The summed E-state index contributed by atoms with van der Waals surface area (Å²) in [7, 11) is 1.37. The molecule has 0 heterocycles. The van der Waals surface area contributed by atoms with E-state index in [2.05, 4.69) is 5.32 Å². The van der Waals surface area contributed by atoms with Crippen LogP contribution in [0.1, 0.15) is 39.0 Å². The zero-order chi connectivity index (χ0) is 14.3. The quantitative estimate of drug-likeness (QED) is 0.451. The highest BCUT2D eigenvalue weighted by Crippen LogP contribution is 2.30. The summed E-state index contributed by atoms with van der Waals surface area (Å²) in [6.45, 7) is 2.09. The second-order valence-corrected chi connectivity index (χ2v) is 6.06. The van der Waals surface area contributed by atoms with Gasteiger partial charge in [-0.15, -0.1) is 0 Å². The number of ether oxygens (including phenoxy) is 2. The number of hydrogen-bond acceptors (Lipinski definition) is 4. The van der Waals surface area contributed by atoms with Gasteiger partial charge >= 0.3 is 12.1 Å². The topological polar surface area (TPSA) is 64.6 Å². The molecule has 0 unspecified atom stereocenters. The minimum absolute atomic E-state index is 0.215. The van der Waals surface area contributed by atoms with Crippen LogP contribution in [0.15, 0.2) is 0 Å². The van der Waals surface area contributed by atoms with Crippen molar-refractivity contribution >= 4 is 34.7 Å². The predicted octanol–water partition coefficient (Wildman–Crippen LogP) is 2.66. The van der Waals surface area contributed by atoms with Gasteiger partial charge in [0.15, 0.2) is 0 Å². The van der Waals surface area contributed by atoms with Gasteiger partial charge in [0.2, 0.25) is 0 Å². The van der Waals surface area contributed by atoms with E-state index < -0.39 is 6.09 Å². The lowest BCUT2D eigenvalue weighted by Gasteiger charge is -2.32. The summed E-state index contributed by atoms with van der Waals surface area (Å²) in [5, 5.41) is 2.83. The Morgan fingerprint density at radius 1 is 1.32 bits per heavy atom. The number of esters is 1. The number of rotatable bonds is 5. The third-order valence-corrected chi connectivity index (χ3v) is 4.74. The van der Waals surface area contributed by atoms with Crippen LogP contribution in [0.5, 0.6) is 0 Å². The van der Waals surface area contributed by atoms with E-state index in [0.717, 1.165) is 25.7 Å². The van der Waals surface area contributed by atoms with Crippen LogP contribution in [-0.4, -0.2) is 35.7 Å². The van der Waals surface area contributed by atoms with E-state index in [4.69, 9.17) is 9.47 Å². The number of halogens is 1. The van der Waals surface area contributed by atoms with Crippen LogP contribution in [0.2, 0.25) is 0 Å². The molecule has 0 aromatic rings. The van der Waals surface area contributed by atoms with Crippen LogP contribution >= 0.6 is 22.6 Å². The third-order valence-electron chi connectivity index (χ3n) is 3.46. The number of alkyl halides is 1. The Balaban J connectivity index is 2.70. The molecule has 1 fully saturated rings. The van der Waals surface area contributed by atoms with Crippen molar-refractivity contribution < 1.29 is 19.1 Å². The number of alkyl carbamates (subject to hydrolysis) is 1. The lowest BCUT2D eigenvalue weighted by Crippen LogP contribution is -2.49. The van der Waals surface area contributed by atoms with Gasteiger partial charge < -0.3 is 14.8 Å². The van der Waals surface area contributed by atoms with Gasteiger partial charge in [-0.2, -0.15) is 0 Å². The van der Waals surface area contributed by atoms with Crippen LogP contribution in [-0.2, 0) is 14.3 Å². The number of amides is 1. The lowest BCUT2D eigenvalue weighted by molar-refractivity contribution is -0.140. The average molecular weight is 383 g/mol. The largest absolute Gasteiger partial charge is 0.468 e. The third kappa shape index (κ3) is 5.16.